The highest BCUT2D eigenvalue weighted by Crippen LogP contribution is 2.18. The molecule has 0 saturated carbocycles. The summed E-state index contributed by atoms with van der Waals surface area (Å²) in [6.07, 6.45) is 1.24. The SMILES string of the molecule is CCOC(=O)C(F)(F)Cn1cc(COCCO)nn1. The molecule has 0 aromatic carbocycles. The average molecular weight is 279 g/mol. The zero-order chi connectivity index (χ0) is 14.3. The molecule has 1 heterocycles. The molecule has 1 aromatic heterocycles. The lowest BCUT2D eigenvalue weighted by atomic mass is 10.3. The lowest BCUT2D eigenvalue weighted by Gasteiger charge is -2.13. The molecule has 0 aliphatic rings. The van der Waals surface area contributed by atoms with Crippen LogP contribution in [0, 0.1) is 0 Å². The molecule has 1 N–H and O–H groups in total. The van der Waals surface area contributed by atoms with Crippen molar-refractivity contribution in [3.8, 4) is 0 Å². The quantitative estimate of drug-likeness (QED) is 0.532. The van der Waals surface area contributed by atoms with Crippen molar-refractivity contribution >= 4 is 5.97 Å². The Bertz CT molecular complexity index is 411. The minimum Gasteiger partial charge on any atom is -0.462 e. The van der Waals surface area contributed by atoms with Crippen LogP contribution in [-0.2, 0) is 27.4 Å². The Morgan fingerprint density at radius 3 is 2.95 bits per heavy atom. The first-order valence-corrected chi connectivity index (χ1v) is 5.62. The van der Waals surface area contributed by atoms with Crippen molar-refractivity contribution in [2.75, 3.05) is 19.8 Å². The normalized spacial score (nSPS) is 11.6. The zero-order valence-corrected chi connectivity index (χ0v) is 10.4. The van der Waals surface area contributed by atoms with Crippen molar-refractivity contribution in [2.45, 2.75) is 26.0 Å². The molecule has 1 rings (SSSR count). The predicted molar refractivity (Wildman–Crippen MR) is 58.3 cm³/mol. The van der Waals surface area contributed by atoms with Gasteiger partial charge in [-0.15, -0.1) is 5.10 Å². The number of carbonyl (C=O) groups is 1. The Hall–Kier alpha value is -1.61. The Morgan fingerprint density at radius 2 is 2.32 bits per heavy atom. The molecule has 0 fully saturated rings. The number of rotatable bonds is 8. The van der Waals surface area contributed by atoms with Crippen LogP contribution in [0.5, 0.6) is 0 Å². The van der Waals surface area contributed by atoms with Crippen LogP contribution in [0.25, 0.3) is 0 Å². The average Bonchev–Trinajstić information content (AvgIpc) is 2.76. The first kappa shape index (κ1) is 15.4. The third-order valence-corrected chi connectivity index (χ3v) is 2.01. The molecule has 9 heteroatoms. The third kappa shape index (κ3) is 4.87. The molecule has 0 spiro atoms. The van der Waals surface area contributed by atoms with Crippen molar-refractivity contribution in [1.82, 2.24) is 15.0 Å². The van der Waals surface area contributed by atoms with Crippen LogP contribution >= 0.6 is 0 Å². The Morgan fingerprint density at radius 1 is 1.58 bits per heavy atom. The van der Waals surface area contributed by atoms with Crippen molar-refractivity contribution in [3.63, 3.8) is 0 Å². The van der Waals surface area contributed by atoms with Crippen molar-refractivity contribution in [3.05, 3.63) is 11.9 Å². The largest absolute Gasteiger partial charge is 0.462 e. The van der Waals surface area contributed by atoms with Crippen LogP contribution in [0.3, 0.4) is 0 Å². The number of alkyl halides is 2. The molecule has 0 atom stereocenters. The van der Waals surface area contributed by atoms with Gasteiger partial charge in [-0.2, -0.15) is 8.78 Å². The number of ether oxygens (including phenoxy) is 2. The molecule has 0 radical (unpaired) electrons. The molecular formula is C10H15F2N3O4. The maximum absolute atomic E-state index is 13.4. The number of carbonyl (C=O) groups excluding carboxylic acids is 1. The second kappa shape index (κ2) is 7.10. The molecule has 7 nitrogen and oxygen atoms in total. The van der Waals surface area contributed by atoms with E-state index in [1.54, 1.807) is 0 Å². The van der Waals surface area contributed by atoms with Crippen molar-refractivity contribution in [1.29, 1.82) is 0 Å². The molecule has 0 unspecified atom stereocenters. The molecule has 0 aliphatic heterocycles. The van der Waals surface area contributed by atoms with Gasteiger partial charge in [0.1, 0.15) is 12.2 Å². The van der Waals surface area contributed by atoms with Crippen molar-refractivity contribution < 1.29 is 28.2 Å². The highest BCUT2D eigenvalue weighted by atomic mass is 19.3. The summed E-state index contributed by atoms with van der Waals surface area (Å²) in [4.78, 5) is 11.0. The van der Waals surface area contributed by atoms with E-state index in [1.165, 1.54) is 13.1 Å². The Labute approximate surface area is 108 Å². The number of aliphatic hydroxyl groups is 1. The first-order valence-electron chi connectivity index (χ1n) is 5.62. The first-order chi connectivity index (χ1) is 8.99. The van der Waals surface area contributed by atoms with Gasteiger partial charge < -0.3 is 14.6 Å². The molecule has 108 valence electrons. The fraction of sp³-hybridized carbons (Fsp3) is 0.700. The van der Waals surface area contributed by atoms with Gasteiger partial charge >= 0.3 is 11.9 Å². The maximum atomic E-state index is 13.4. The number of esters is 1. The molecule has 0 bridgehead atoms. The number of aromatic nitrogens is 3. The minimum absolute atomic E-state index is 0.0472. The summed E-state index contributed by atoms with van der Waals surface area (Å²) >= 11 is 0. The molecule has 19 heavy (non-hydrogen) atoms. The molecule has 0 saturated heterocycles. The van der Waals surface area contributed by atoms with Gasteiger partial charge in [-0.25, -0.2) is 9.48 Å². The summed E-state index contributed by atoms with van der Waals surface area (Å²) in [5, 5.41) is 15.6. The lowest BCUT2D eigenvalue weighted by molar-refractivity contribution is -0.173. The van der Waals surface area contributed by atoms with Crippen LogP contribution < -0.4 is 0 Å². The van der Waals surface area contributed by atoms with Gasteiger partial charge in [0, 0.05) is 0 Å². The van der Waals surface area contributed by atoms with Crippen LogP contribution in [0.15, 0.2) is 6.20 Å². The van der Waals surface area contributed by atoms with Crippen molar-refractivity contribution in [2.24, 2.45) is 0 Å². The number of hydrogen-bond acceptors (Lipinski definition) is 6. The summed E-state index contributed by atoms with van der Waals surface area (Å²) in [5.74, 6) is -5.25. The zero-order valence-electron chi connectivity index (χ0n) is 10.4. The maximum Gasteiger partial charge on any atom is 0.379 e. The number of aliphatic hydroxyl groups excluding tert-OH is 1. The van der Waals surface area contributed by atoms with Crippen LogP contribution in [-0.4, -0.2) is 51.8 Å². The molecule has 0 amide bonds. The van der Waals surface area contributed by atoms with Gasteiger partial charge in [-0.05, 0) is 6.92 Å². The fourth-order valence-corrected chi connectivity index (χ4v) is 1.23. The van der Waals surface area contributed by atoms with Crippen LogP contribution in [0.4, 0.5) is 8.78 Å². The van der Waals surface area contributed by atoms with Crippen LogP contribution in [0.2, 0.25) is 0 Å². The van der Waals surface area contributed by atoms with Gasteiger partial charge in [0.25, 0.3) is 0 Å². The molecular weight excluding hydrogens is 264 g/mol. The van der Waals surface area contributed by atoms with Gasteiger partial charge in [0.05, 0.1) is 32.6 Å². The van der Waals surface area contributed by atoms with E-state index in [2.05, 4.69) is 15.0 Å². The highest BCUT2D eigenvalue weighted by molar-refractivity contribution is 5.77. The summed E-state index contributed by atoms with van der Waals surface area (Å²) in [5.41, 5.74) is 0.327. The van der Waals surface area contributed by atoms with Gasteiger partial charge in [0.15, 0.2) is 0 Å². The second-order valence-electron chi connectivity index (χ2n) is 3.61. The van der Waals surface area contributed by atoms with Crippen LogP contribution in [0.1, 0.15) is 12.6 Å². The van der Waals surface area contributed by atoms with E-state index in [1.807, 2.05) is 0 Å². The summed E-state index contributed by atoms with van der Waals surface area (Å²) < 4.78 is 36.8. The highest BCUT2D eigenvalue weighted by Gasteiger charge is 2.41. The Kier molecular flexibility index (Phi) is 5.77. The van der Waals surface area contributed by atoms with E-state index in [0.717, 1.165) is 4.68 Å². The Balaban J connectivity index is 2.54. The third-order valence-electron chi connectivity index (χ3n) is 2.01. The fourth-order valence-electron chi connectivity index (χ4n) is 1.23. The van der Waals surface area contributed by atoms with E-state index in [0.29, 0.717) is 5.69 Å². The van der Waals surface area contributed by atoms with Gasteiger partial charge in [-0.3, -0.25) is 0 Å². The van der Waals surface area contributed by atoms with E-state index < -0.39 is 18.4 Å². The standard InChI is InChI=1S/C10H15F2N3O4/c1-2-19-9(17)10(11,12)7-15-5-8(13-14-15)6-18-4-3-16/h5,16H,2-4,6-7H2,1H3. The summed E-state index contributed by atoms with van der Waals surface area (Å²) in [7, 11) is 0. The molecule has 1 aromatic rings. The second-order valence-corrected chi connectivity index (χ2v) is 3.61. The number of halogens is 2. The van der Waals surface area contributed by atoms with Gasteiger partial charge in [-0.1, -0.05) is 5.21 Å². The van der Waals surface area contributed by atoms with E-state index in [-0.39, 0.29) is 26.4 Å². The monoisotopic (exact) mass is 279 g/mol. The lowest BCUT2D eigenvalue weighted by Crippen LogP contribution is -2.35. The summed E-state index contributed by atoms with van der Waals surface area (Å²) in [6, 6.07) is 0. The van der Waals surface area contributed by atoms with Gasteiger partial charge in [0.2, 0.25) is 0 Å². The number of nitrogens with zero attached hydrogens (tertiary/aromatic N) is 3. The summed E-state index contributed by atoms with van der Waals surface area (Å²) in [6.45, 7) is 0.400. The minimum atomic E-state index is -3.66. The van der Waals surface area contributed by atoms with E-state index >= 15 is 0 Å². The smallest absolute Gasteiger partial charge is 0.379 e. The van der Waals surface area contributed by atoms with E-state index in [4.69, 9.17) is 9.84 Å². The predicted octanol–water partition coefficient (Wildman–Crippen LogP) is -0.0146. The molecule has 0 aliphatic carbocycles. The van der Waals surface area contributed by atoms with E-state index in [9.17, 15) is 13.6 Å². The topological polar surface area (TPSA) is 86.5 Å². The number of hydrogen-bond donors (Lipinski definition) is 1.